The number of benzene rings is 1. The summed E-state index contributed by atoms with van der Waals surface area (Å²) in [4.78, 5) is 2.19. The molecule has 0 spiro atoms. The zero-order chi connectivity index (χ0) is 12.3. The van der Waals surface area contributed by atoms with Crippen molar-refractivity contribution >= 4 is 0 Å². The Kier molecular flexibility index (Phi) is 3.79. The molecule has 1 fully saturated rings. The Morgan fingerprint density at radius 2 is 1.94 bits per heavy atom. The monoisotopic (exact) mass is 236 g/mol. The quantitative estimate of drug-likeness (QED) is 0.866. The highest BCUT2D eigenvalue weighted by Gasteiger charge is 2.36. The Labute approximate surface area is 103 Å². The van der Waals surface area contributed by atoms with Gasteiger partial charge in [0.1, 0.15) is 5.67 Å². The van der Waals surface area contributed by atoms with E-state index in [0.717, 1.165) is 30.8 Å². The Morgan fingerprint density at radius 3 is 2.59 bits per heavy atom. The van der Waals surface area contributed by atoms with Gasteiger partial charge >= 0.3 is 0 Å². The molecule has 1 heterocycles. The molecule has 1 aromatic rings. The molecule has 94 valence electrons. The summed E-state index contributed by atoms with van der Waals surface area (Å²) in [6, 6.07) is 7.88. The van der Waals surface area contributed by atoms with Gasteiger partial charge in [0.25, 0.3) is 0 Å². The molecule has 1 aliphatic heterocycles. The average molecular weight is 236 g/mol. The highest BCUT2D eigenvalue weighted by atomic mass is 19.1. The predicted octanol–water partition coefficient (Wildman–Crippen LogP) is 2.30. The van der Waals surface area contributed by atoms with E-state index < -0.39 is 5.67 Å². The van der Waals surface area contributed by atoms with Gasteiger partial charge in [-0.2, -0.15) is 0 Å². The maximum absolute atomic E-state index is 15.0. The summed E-state index contributed by atoms with van der Waals surface area (Å²) >= 11 is 0. The highest BCUT2D eigenvalue weighted by molar-refractivity contribution is 5.33. The first kappa shape index (κ1) is 12.5. The lowest BCUT2D eigenvalue weighted by Gasteiger charge is -2.36. The van der Waals surface area contributed by atoms with Crippen LogP contribution in [0.3, 0.4) is 0 Å². The van der Waals surface area contributed by atoms with Gasteiger partial charge in [0.05, 0.1) is 0 Å². The van der Waals surface area contributed by atoms with Crippen molar-refractivity contribution in [2.75, 3.05) is 27.2 Å². The zero-order valence-electron chi connectivity index (χ0n) is 10.7. The Morgan fingerprint density at radius 1 is 1.29 bits per heavy atom. The van der Waals surface area contributed by atoms with Crippen molar-refractivity contribution in [3.05, 3.63) is 35.4 Å². The second-order valence-corrected chi connectivity index (χ2v) is 4.96. The van der Waals surface area contributed by atoms with E-state index in [0.29, 0.717) is 12.8 Å². The van der Waals surface area contributed by atoms with Crippen LogP contribution < -0.4 is 5.32 Å². The number of hydrogen-bond acceptors (Lipinski definition) is 2. The number of hydrogen-bond donors (Lipinski definition) is 1. The lowest BCUT2D eigenvalue weighted by Crippen LogP contribution is -2.38. The van der Waals surface area contributed by atoms with E-state index in [2.05, 4.69) is 17.3 Å². The Hall–Kier alpha value is -0.930. The van der Waals surface area contributed by atoms with Gasteiger partial charge in [-0.1, -0.05) is 24.3 Å². The summed E-state index contributed by atoms with van der Waals surface area (Å²) in [5.41, 5.74) is 0.824. The zero-order valence-corrected chi connectivity index (χ0v) is 10.7. The maximum Gasteiger partial charge on any atom is 0.138 e. The number of nitrogens with one attached hydrogen (secondary N) is 1. The van der Waals surface area contributed by atoms with Crippen molar-refractivity contribution < 1.29 is 4.39 Å². The van der Waals surface area contributed by atoms with Crippen molar-refractivity contribution in [2.45, 2.75) is 25.1 Å². The molecule has 0 bridgehead atoms. The smallest absolute Gasteiger partial charge is 0.138 e. The maximum atomic E-state index is 15.0. The first-order valence-electron chi connectivity index (χ1n) is 6.26. The van der Waals surface area contributed by atoms with Gasteiger partial charge in [0.2, 0.25) is 0 Å². The second-order valence-electron chi connectivity index (χ2n) is 4.96. The minimum absolute atomic E-state index is 0.601. The highest BCUT2D eigenvalue weighted by Crippen LogP contribution is 2.38. The van der Waals surface area contributed by atoms with Crippen LogP contribution in [-0.4, -0.2) is 32.1 Å². The number of likely N-dealkylation sites (tertiary alicyclic amines) is 1. The molecule has 0 unspecified atom stereocenters. The van der Waals surface area contributed by atoms with Crippen LogP contribution >= 0.6 is 0 Å². The molecular weight excluding hydrogens is 215 g/mol. The molecule has 0 aliphatic carbocycles. The molecule has 17 heavy (non-hydrogen) atoms. The van der Waals surface area contributed by atoms with Crippen molar-refractivity contribution in [3.8, 4) is 0 Å². The fourth-order valence-corrected chi connectivity index (χ4v) is 2.54. The largest absolute Gasteiger partial charge is 0.316 e. The summed E-state index contributed by atoms with van der Waals surface area (Å²) in [6.45, 7) is 2.41. The first-order valence-corrected chi connectivity index (χ1v) is 6.26. The lowest BCUT2D eigenvalue weighted by molar-refractivity contribution is 0.0665. The summed E-state index contributed by atoms with van der Waals surface area (Å²) in [7, 11) is 3.95. The van der Waals surface area contributed by atoms with Crippen molar-refractivity contribution in [3.63, 3.8) is 0 Å². The minimum atomic E-state index is -1.14. The summed E-state index contributed by atoms with van der Waals surface area (Å²) in [5.74, 6) is 0. The summed E-state index contributed by atoms with van der Waals surface area (Å²) in [6.07, 6.45) is 1.20. The second kappa shape index (κ2) is 5.15. The van der Waals surface area contributed by atoms with E-state index in [9.17, 15) is 0 Å². The van der Waals surface area contributed by atoms with Gasteiger partial charge in [-0.05, 0) is 38.1 Å². The van der Waals surface area contributed by atoms with E-state index in [1.54, 1.807) is 0 Å². The van der Waals surface area contributed by atoms with Crippen LogP contribution in [0.5, 0.6) is 0 Å². The van der Waals surface area contributed by atoms with Crippen LogP contribution in [0.25, 0.3) is 0 Å². The van der Waals surface area contributed by atoms with Crippen molar-refractivity contribution in [1.29, 1.82) is 0 Å². The Balaban J connectivity index is 2.26. The van der Waals surface area contributed by atoms with E-state index in [-0.39, 0.29) is 0 Å². The molecule has 1 aromatic carbocycles. The molecule has 0 saturated carbocycles. The molecule has 0 aromatic heterocycles. The molecule has 2 rings (SSSR count). The molecule has 2 nitrogen and oxygen atoms in total. The van der Waals surface area contributed by atoms with Gasteiger partial charge in [0.15, 0.2) is 0 Å². The fourth-order valence-electron chi connectivity index (χ4n) is 2.54. The normalized spacial score (nSPS) is 20.4. The average Bonchev–Trinajstić information content (AvgIpc) is 2.34. The summed E-state index contributed by atoms with van der Waals surface area (Å²) in [5, 5.41) is 3.11. The van der Waals surface area contributed by atoms with Crippen LogP contribution in [-0.2, 0) is 12.2 Å². The standard InChI is InChI=1S/C14H21FN2/c1-16-11-12-5-3-4-6-13(12)14(15)7-9-17(2)10-8-14/h3-6,16H,7-11H2,1-2H3. The van der Waals surface area contributed by atoms with Crippen LogP contribution in [0, 0.1) is 0 Å². The van der Waals surface area contributed by atoms with Gasteiger partial charge < -0.3 is 10.2 Å². The number of halogens is 1. The molecule has 3 heteroatoms. The van der Waals surface area contributed by atoms with E-state index in [1.807, 2.05) is 31.3 Å². The van der Waals surface area contributed by atoms with Crippen LogP contribution in [0.1, 0.15) is 24.0 Å². The van der Waals surface area contributed by atoms with Gasteiger partial charge in [-0.3, -0.25) is 0 Å². The molecular formula is C14H21FN2. The molecule has 0 amide bonds. The molecule has 1 N–H and O–H groups in total. The third-order valence-electron chi connectivity index (χ3n) is 3.65. The third kappa shape index (κ3) is 2.67. The molecule has 0 radical (unpaired) electrons. The van der Waals surface area contributed by atoms with E-state index in [1.165, 1.54) is 0 Å². The van der Waals surface area contributed by atoms with Crippen molar-refractivity contribution in [1.82, 2.24) is 10.2 Å². The Bertz CT molecular complexity index is 370. The van der Waals surface area contributed by atoms with Gasteiger partial charge in [-0.15, -0.1) is 0 Å². The number of rotatable bonds is 3. The van der Waals surface area contributed by atoms with Gasteiger partial charge in [0, 0.05) is 19.6 Å². The topological polar surface area (TPSA) is 15.3 Å². The van der Waals surface area contributed by atoms with Crippen LogP contribution in [0.15, 0.2) is 24.3 Å². The molecule has 1 aliphatic rings. The number of nitrogens with zero attached hydrogens (tertiary/aromatic N) is 1. The van der Waals surface area contributed by atoms with Gasteiger partial charge in [-0.25, -0.2) is 4.39 Å². The minimum Gasteiger partial charge on any atom is -0.316 e. The molecule has 0 atom stereocenters. The van der Waals surface area contributed by atoms with E-state index in [4.69, 9.17) is 0 Å². The third-order valence-corrected chi connectivity index (χ3v) is 3.65. The first-order chi connectivity index (χ1) is 8.15. The number of piperidine rings is 1. The lowest BCUT2D eigenvalue weighted by atomic mass is 9.83. The summed E-state index contributed by atoms with van der Waals surface area (Å²) < 4.78 is 15.0. The van der Waals surface area contributed by atoms with Crippen molar-refractivity contribution in [2.24, 2.45) is 0 Å². The predicted molar refractivity (Wildman–Crippen MR) is 68.7 cm³/mol. The fraction of sp³-hybridized carbons (Fsp3) is 0.571. The molecule has 1 saturated heterocycles. The van der Waals surface area contributed by atoms with E-state index >= 15 is 4.39 Å². The van der Waals surface area contributed by atoms with Crippen LogP contribution in [0.4, 0.5) is 4.39 Å². The number of alkyl halides is 1. The van der Waals surface area contributed by atoms with Crippen LogP contribution in [0.2, 0.25) is 0 Å². The SMILES string of the molecule is CNCc1ccccc1C1(F)CCN(C)CC1.